The van der Waals surface area contributed by atoms with Crippen LogP contribution >= 0.6 is 11.8 Å². The van der Waals surface area contributed by atoms with Gasteiger partial charge >= 0.3 is 0 Å². The van der Waals surface area contributed by atoms with Crippen molar-refractivity contribution in [3.8, 4) is 0 Å². The van der Waals surface area contributed by atoms with Gasteiger partial charge in [-0.15, -0.1) is 0 Å². The van der Waals surface area contributed by atoms with Crippen molar-refractivity contribution in [3.63, 3.8) is 0 Å². The molecule has 9 heteroatoms. The molecule has 0 aliphatic heterocycles. The Morgan fingerprint density at radius 2 is 2.00 bits per heavy atom. The lowest BCUT2D eigenvalue weighted by Gasteiger charge is -2.10. The summed E-state index contributed by atoms with van der Waals surface area (Å²) in [7, 11) is -2.26. The minimum atomic E-state index is -3.57. The van der Waals surface area contributed by atoms with E-state index in [0.717, 1.165) is 0 Å². The van der Waals surface area contributed by atoms with Crippen LogP contribution in [0.4, 0.5) is 5.69 Å². The third kappa shape index (κ3) is 5.32. The first kappa shape index (κ1) is 18.5. The summed E-state index contributed by atoms with van der Waals surface area (Å²) < 4.78 is 25.6. The first-order valence-corrected chi connectivity index (χ1v) is 9.21. The molecule has 0 aliphatic rings. The molecule has 2 amide bonds. The summed E-state index contributed by atoms with van der Waals surface area (Å²) in [6.07, 6.45) is 1.80. The van der Waals surface area contributed by atoms with Crippen LogP contribution in [0, 0.1) is 0 Å². The number of carbonyl (C=O) groups excluding carboxylic acids is 2. The number of amides is 2. The second-order valence-corrected chi connectivity index (χ2v) is 7.44. The molecule has 0 unspecified atom stereocenters. The van der Waals surface area contributed by atoms with E-state index < -0.39 is 15.9 Å². The van der Waals surface area contributed by atoms with E-state index in [0.29, 0.717) is 5.69 Å². The van der Waals surface area contributed by atoms with Crippen LogP contribution in [0.1, 0.15) is 6.92 Å². The minimum Gasteiger partial charge on any atom is -0.346 e. The second kappa shape index (κ2) is 8.16. The molecule has 0 saturated carbocycles. The van der Waals surface area contributed by atoms with Crippen molar-refractivity contribution in [1.29, 1.82) is 0 Å². The average molecular weight is 345 g/mol. The molecule has 0 aliphatic carbocycles. The van der Waals surface area contributed by atoms with Crippen molar-refractivity contribution in [2.75, 3.05) is 25.2 Å². The molecule has 3 N–H and O–H groups in total. The third-order valence-electron chi connectivity index (χ3n) is 2.84. The van der Waals surface area contributed by atoms with Gasteiger partial charge in [0.25, 0.3) is 0 Å². The molecule has 1 rings (SSSR count). The van der Waals surface area contributed by atoms with E-state index in [4.69, 9.17) is 0 Å². The highest BCUT2D eigenvalue weighted by molar-refractivity contribution is 7.99. The van der Waals surface area contributed by atoms with Gasteiger partial charge in [-0.1, -0.05) is 6.07 Å². The van der Waals surface area contributed by atoms with Crippen LogP contribution in [0.2, 0.25) is 0 Å². The Morgan fingerprint density at radius 3 is 2.59 bits per heavy atom. The van der Waals surface area contributed by atoms with Crippen LogP contribution in [0.3, 0.4) is 0 Å². The SMILES string of the molecule is CNS(=O)(=O)c1cccc(NC(=O)CNC(=O)[C@@H](C)SC)c1. The van der Waals surface area contributed by atoms with Crippen LogP contribution < -0.4 is 15.4 Å². The monoisotopic (exact) mass is 345 g/mol. The number of thioether (sulfide) groups is 1. The summed E-state index contributed by atoms with van der Waals surface area (Å²) in [5, 5.41) is 4.81. The molecule has 0 aromatic heterocycles. The van der Waals surface area contributed by atoms with Gasteiger partial charge in [0.05, 0.1) is 16.7 Å². The summed E-state index contributed by atoms with van der Waals surface area (Å²) in [4.78, 5) is 23.4. The summed E-state index contributed by atoms with van der Waals surface area (Å²) in [6, 6.07) is 5.85. The van der Waals surface area contributed by atoms with Crippen LogP contribution in [-0.2, 0) is 19.6 Å². The Morgan fingerprint density at radius 1 is 1.32 bits per heavy atom. The Labute approximate surface area is 134 Å². The van der Waals surface area contributed by atoms with Gasteiger partial charge in [-0.05, 0) is 38.4 Å². The maximum atomic E-state index is 11.8. The number of hydrogen-bond donors (Lipinski definition) is 3. The number of hydrogen-bond acceptors (Lipinski definition) is 5. The molecule has 0 radical (unpaired) electrons. The van der Waals surface area contributed by atoms with Gasteiger partial charge < -0.3 is 10.6 Å². The van der Waals surface area contributed by atoms with Gasteiger partial charge in [-0.3, -0.25) is 9.59 Å². The van der Waals surface area contributed by atoms with Crippen molar-refractivity contribution in [2.24, 2.45) is 0 Å². The highest BCUT2D eigenvalue weighted by atomic mass is 32.2. The van der Waals surface area contributed by atoms with E-state index in [-0.39, 0.29) is 22.6 Å². The fourth-order valence-corrected chi connectivity index (χ4v) is 2.56. The van der Waals surface area contributed by atoms with E-state index in [9.17, 15) is 18.0 Å². The van der Waals surface area contributed by atoms with Crippen molar-refractivity contribution in [3.05, 3.63) is 24.3 Å². The van der Waals surface area contributed by atoms with Gasteiger partial charge in [0.1, 0.15) is 0 Å². The molecule has 7 nitrogen and oxygen atoms in total. The first-order valence-electron chi connectivity index (χ1n) is 6.44. The predicted molar refractivity (Wildman–Crippen MR) is 87.3 cm³/mol. The molecule has 0 bridgehead atoms. The van der Waals surface area contributed by atoms with E-state index in [1.54, 1.807) is 19.2 Å². The second-order valence-electron chi connectivity index (χ2n) is 4.38. The van der Waals surface area contributed by atoms with Crippen LogP contribution in [-0.4, -0.2) is 45.3 Å². The zero-order valence-electron chi connectivity index (χ0n) is 12.5. The summed E-state index contributed by atoms with van der Waals surface area (Å²) in [5.74, 6) is -0.658. The number of carbonyl (C=O) groups is 2. The summed E-state index contributed by atoms with van der Waals surface area (Å²) in [5.41, 5.74) is 0.341. The van der Waals surface area contributed by atoms with Gasteiger partial charge in [0.15, 0.2) is 0 Å². The smallest absolute Gasteiger partial charge is 0.243 e. The van der Waals surface area contributed by atoms with Crippen LogP contribution in [0.15, 0.2) is 29.2 Å². The molecule has 0 spiro atoms. The van der Waals surface area contributed by atoms with E-state index in [1.165, 1.54) is 37.0 Å². The van der Waals surface area contributed by atoms with Gasteiger partial charge in [-0.2, -0.15) is 11.8 Å². The quantitative estimate of drug-likeness (QED) is 0.664. The van der Waals surface area contributed by atoms with Crippen LogP contribution in [0.5, 0.6) is 0 Å². The molecule has 22 heavy (non-hydrogen) atoms. The fourth-order valence-electron chi connectivity index (χ4n) is 1.48. The standard InChI is InChI=1S/C13H19N3O4S2/c1-9(21-3)13(18)15-8-12(17)16-10-5-4-6-11(7-10)22(19,20)14-2/h4-7,9,14H,8H2,1-3H3,(H,15,18)(H,16,17)/t9-/m1/s1. The maximum Gasteiger partial charge on any atom is 0.243 e. The average Bonchev–Trinajstić information content (AvgIpc) is 2.52. The van der Waals surface area contributed by atoms with E-state index in [2.05, 4.69) is 15.4 Å². The highest BCUT2D eigenvalue weighted by Crippen LogP contribution is 2.14. The Balaban J connectivity index is 2.66. The van der Waals surface area contributed by atoms with Crippen molar-refractivity contribution in [1.82, 2.24) is 10.0 Å². The summed E-state index contributed by atoms with van der Waals surface area (Å²) >= 11 is 1.38. The Hall–Kier alpha value is -1.58. The van der Waals surface area contributed by atoms with Crippen molar-refractivity contribution < 1.29 is 18.0 Å². The molecule has 1 atom stereocenters. The molecule has 1 aromatic carbocycles. The van der Waals surface area contributed by atoms with Crippen LogP contribution in [0.25, 0.3) is 0 Å². The minimum absolute atomic E-state index is 0.0489. The zero-order chi connectivity index (χ0) is 16.8. The maximum absolute atomic E-state index is 11.8. The van der Waals surface area contributed by atoms with Gasteiger partial charge in [0, 0.05) is 5.69 Å². The largest absolute Gasteiger partial charge is 0.346 e. The zero-order valence-corrected chi connectivity index (χ0v) is 14.2. The molecule has 0 fully saturated rings. The van der Waals surface area contributed by atoms with E-state index in [1.807, 2.05) is 0 Å². The topological polar surface area (TPSA) is 104 Å². The van der Waals surface area contributed by atoms with Crippen molar-refractivity contribution in [2.45, 2.75) is 17.1 Å². The third-order valence-corrected chi connectivity index (χ3v) is 5.18. The molecule has 1 aromatic rings. The predicted octanol–water partition coefficient (Wildman–Crippen LogP) is 0.401. The molecule has 0 heterocycles. The number of nitrogens with one attached hydrogen (secondary N) is 3. The Kier molecular flexibility index (Phi) is 6.85. The normalized spacial score (nSPS) is 12.5. The molecular weight excluding hydrogens is 326 g/mol. The number of anilines is 1. The molecular formula is C13H19N3O4S2. The lowest BCUT2D eigenvalue weighted by molar-refractivity contribution is -0.123. The summed E-state index contributed by atoms with van der Waals surface area (Å²) in [6.45, 7) is 1.57. The van der Waals surface area contributed by atoms with Gasteiger partial charge in [-0.25, -0.2) is 13.1 Å². The van der Waals surface area contributed by atoms with E-state index >= 15 is 0 Å². The molecule has 0 saturated heterocycles. The van der Waals surface area contributed by atoms with Gasteiger partial charge in [0.2, 0.25) is 21.8 Å². The molecule has 122 valence electrons. The lowest BCUT2D eigenvalue weighted by atomic mass is 10.3. The Bertz CT molecular complexity index is 646. The highest BCUT2D eigenvalue weighted by Gasteiger charge is 2.14. The lowest BCUT2D eigenvalue weighted by Crippen LogP contribution is -2.37. The number of sulfonamides is 1. The number of rotatable bonds is 7. The van der Waals surface area contributed by atoms with Crippen molar-refractivity contribution >= 4 is 39.3 Å². The first-order chi connectivity index (χ1) is 10.3. The number of benzene rings is 1. The fraction of sp³-hybridized carbons (Fsp3) is 0.385.